The Labute approximate surface area is 143 Å². The van der Waals surface area contributed by atoms with Crippen LogP contribution in [0.4, 0.5) is 0 Å². The van der Waals surface area contributed by atoms with Crippen LogP contribution in [0.1, 0.15) is 64.2 Å². The summed E-state index contributed by atoms with van der Waals surface area (Å²) >= 11 is 6.42. The number of hydrogen-bond acceptors (Lipinski definition) is 4. The second-order valence-corrected chi connectivity index (χ2v) is 8.66. The van der Waals surface area contributed by atoms with Gasteiger partial charge in [-0.05, 0) is 51.4 Å². The second kappa shape index (κ2) is 6.20. The maximum atomic E-state index is 11.7. The van der Waals surface area contributed by atoms with Gasteiger partial charge in [0, 0.05) is 17.2 Å². The number of nitrogens with zero attached hydrogens (tertiary/aromatic N) is 1. The fourth-order valence-corrected chi connectivity index (χ4v) is 5.50. The lowest BCUT2D eigenvalue weighted by Gasteiger charge is -2.47. The van der Waals surface area contributed by atoms with Crippen LogP contribution in [0.15, 0.2) is 4.99 Å². The summed E-state index contributed by atoms with van der Waals surface area (Å²) in [5, 5.41) is 11.8. The first-order chi connectivity index (χ1) is 11.1. The van der Waals surface area contributed by atoms with Gasteiger partial charge in [-0.3, -0.25) is 4.99 Å². The topological polar surface area (TPSA) is 67.8 Å². The van der Waals surface area contributed by atoms with Crippen molar-refractivity contribution in [1.29, 1.82) is 0 Å². The predicted molar refractivity (Wildman–Crippen MR) is 91.8 cm³/mol. The van der Waals surface area contributed by atoms with Crippen molar-refractivity contribution in [3.8, 4) is 0 Å². The molecule has 4 rings (SSSR count). The highest BCUT2D eigenvalue weighted by molar-refractivity contribution is 6.20. The number of alkyl halides is 1. The summed E-state index contributed by atoms with van der Waals surface area (Å²) < 4.78 is 6.37. The van der Waals surface area contributed by atoms with Gasteiger partial charge in [0.25, 0.3) is 0 Å². The molecular formula is C18H29ClN2O2. The van der Waals surface area contributed by atoms with Gasteiger partial charge in [-0.15, -0.1) is 11.6 Å². The van der Waals surface area contributed by atoms with E-state index in [0.29, 0.717) is 11.9 Å². The highest BCUT2D eigenvalue weighted by Gasteiger charge is 2.58. The Morgan fingerprint density at radius 1 is 1.04 bits per heavy atom. The summed E-state index contributed by atoms with van der Waals surface area (Å²) in [4.78, 5) is 4.65. The number of amidine groups is 1. The SMILES string of the molecule is NC1=NC2CCC(Cl)CC2C1(O)C1CCCCC1OC1CCC1. The van der Waals surface area contributed by atoms with E-state index in [1.807, 2.05) is 0 Å². The molecule has 0 saturated heterocycles. The van der Waals surface area contributed by atoms with Crippen molar-refractivity contribution in [1.82, 2.24) is 0 Å². The maximum absolute atomic E-state index is 11.7. The third-order valence-electron chi connectivity index (χ3n) is 6.72. The zero-order valence-electron chi connectivity index (χ0n) is 13.8. The standard InChI is InChI=1S/C18H29ClN2O2/c19-11-8-9-15-14(10-11)18(22,17(20)21-15)13-6-1-2-7-16(13)23-12-4-3-5-12/h11-16,22H,1-10H2,(H2,20,21). The van der Waals surface area contributed by atoms with E-state index in [2.05, 4.69) is 4.99 Å². The Hall–Kier alpha value is -0.320. The van der Waals surface area contributed by atoms with Crippen LogP contribution in [0.3, 0.4) is 0 Å². The van der Waals surface area contributed by atoms with E-state index < -0.39 is 5.60 Å². The number of fused-ring (bicyclic) bond motifs is 1. The molecule has 1 aliphatic heterocycles. The minimum absolute atomic E-state index is 0.0781. The van der Waals surface area contributed by atoms with Crippen LogP contribution in [0, 0.1) is 11.8 Å². The molecule has 23 heavy (non-hydrogen) atoms. The molecule has 3 saturated carbocycles. The number of hydrogen-bond donors (Lipinski definition) is 2. The Kier molecular flexibility index (Phi) is 4.36. The molecule has 4 nitrogen and oxygen atoms in total. The molecule has 3 fully saturated rings. The van der Waals surface area contributed by atoms with E-state index in [0.717, 1.165) is 38.5 Å². The normalized spacial score (nSPS) is 47.7. The van der Waals surface area contributed by atoms with E-state index in [1.165, 1.54) is 25.7 Å². The highest BCUT2D eigenvalue weighted by Crippen LogP contribution is 2.49. The zero-order valence-corrected chi connectivity index (χ0v) is 14.5. The Morgan fingerprint density at radius 3 is 2.57 bits per heavy atom. The Morgan fingerprint density at radius 2 is 1.83 bits per heavy atom. The van der Waals surface area contributed by atoms with E-state index in [-0.39, 0.29) is 29.4 Å². The fraction of sp³-hybridized carbons (Fsp3) is 0.944. The van der Waals surface area contributed by atoms with Gasteiger partial charge in [0.2, 0.25) is 0 Å². The summed E-state index contributed by atoms with van der Waals surface area (Å²) in [6, 6.07) is 0.154. The van der Waals surface area contributed by atoms with Gasteiger partial charge in [-0.1, -0.05) is 12.8 Å². The molecule has 6 atom stereocenters. The van der Waals surface area contributed by atoms with Crippen LogP contribution in [0.5, 0.6) is 0 Å². The van der Waals surface area contributed by atoms with Gasteiger partial charge in [-0.2, -0.15) is 0 Å². The molecule has 3 aliphatic carbocycles. The van der Waals surface area contributed by atoms with Crippen molar-refractivity contribution in [3.05, 3.63) is 0 Å². The molecule has 5 heteroatoms. The third kappa shape index (κ3) is 2.71. The molecule has 1 heterocycles. The van der Waals surface area contributed by atoms with Crippen LogP contribution in [0.25, 0.3) is 0 Å². The first-order valence-corrected chi connectivity index (χ1v) is 9.88. The van der Waals surface area contributed by atoms with E-state index in [1.54, 1.807) is 0 Å². The first-order valence-electron chi connectivity index (χ1n) is 9.44. The van der Waals surface area contributed by atoms with Gasteiger partial charge in [-0.25, -0.2) is 0 Å². The fourth-order valence-electron chi connectivity index (χ4n) is 5.18. The number of nitrogens with two attached hydrogens (primary N) is 1. The second-order valence-electron chi connectivity index (χ2n) is 8.04. The number of aliphatic hydroxyl groups is 1. The largest absolute Gasteiger partial charge is 0.385 e. The molecule has 0 bridgehead atoms. The number of rotatable bonds is 3. The van der Waals surface area contributed by atoms with Crippen LogP contribution in [-0.4, -0.2) is 40.2 Å². The van der Waals surface area contributed by atoms with Gasteiger partial charge in [0.1, 0.15) is 11.4 Å². The number of aliphatic imine (C=N–C) groups is 1. The van der Waals surface area contributed by atoms with Crippen molar-refractivity contribution in [2.24, 2.45) is 22.6 Å². The third-order valence-corrected chi connectivity index (χ3v) is 7.11. The van der Waals surface area contributed by atoms with Crippen LogP contribution in [-0.2, 0) is 4.74 Å². The summed E-state index contributed by atoms with van der Waals surface area (Å²) in [6.07, 6.45) is 11.2. The Balaban J connectivity index is 1.58. The summed E-state index contributed by atoms with van der Waals surface area (Å²) in [5.41, 5.74) is 5.28. The predicted octanol–water partition coefficient (Wildman–Crippen LogP) is 2.99. The average molecular weight is 341 g/mol. The van der Waals surface area contributed by atoms with Gasteiger partial charge in [0.05, 0.1) is 18.2 Å². The molecule has 130 valence electrons. The molecule has 0 radical (unpaired) electrons. The van der Waals surface area contributed by atoms with Gasteiger partial charge in [0.15, 0.2) is 0 Å². The summed E-state index contributed by atoms with van der Waals surface area (Å²) in [5.74, 6) is 0.610. The van der Waals surface area contributed by atoms with Crippen molar-refractivity contribution in [2.75, 3.05) is 0 Å². The van der Waals surface area contributed by atoms with E-state index in [9.17, 15) is 5.11 Å². The first kappa shape index (κ1) is 16.2. The minimum Gasteiger partial charge on any atom is -0.385 e. The molecule has 0 aromatic heterocycles. The quantitative estimate of drug-likeness (QED) is 0.776. The van der Waals surface area contributed by atoms with Crippen LogP contribution in [0.2, 0.25) is 0 Å². The molecule has 0 aromatic rings. The van der Waals surface area contributed by atoms with Crippen molar-refractivity contribution < 1.29 is 9.84 Å². The molecule has 4 aliphatic rings. The van der Waals surface area contributed by atoms with E-state index >= 15 is 0 Å². The molecular weight excluding hydrogens is 312 g/mol. The van der Waals surface area contributed by atoms with E-state index in [4.69, 9.17) is 22.1 Å². The molecule has 0 amide bonds. The number of halogens is 1. The maximum Gasteiger partial charge on any atom is 0.131 e. The van der Waals surface area contributed by atoms with Gasteiger partial charge >= 0.3 is 0 Å². The highest BCUT2D eigenvalue weighted by atomic mass is 35.5. The summed E-state index contributed by atoms with van der Waals surface area (Å²) in [7, 11) is 0. The average Bonchev–Trinajstić information content (AvgIpc) is 2.76. The van der Waals surface area contributed by atoms with Crippen LogP contribution < -0.4 is 5.73 Å². The summed E-state index contributed by atoms with van der Waals surface area (Å²) in [6.45, 7) is 0. The molecule has 0 aromatic carbocycles. The molecule has 3 N–H and O–H groups in total. The van der Waals surface area contributed by atoms with Crippen molar-refractivity contribution in [2.45, 2.75) is 93.4 Å². The van der Waals surface area contributed by atoms with Crippen molar-refractivity contribution >= 4 is 17.4 Å². The lowest BCUT2D eigenvalue weighted by Crippen LogP contribution is -2.59. The zero-order chi connectivity index (χ0) is 16.0. The van der Waals surface area contributed by atoms with Crippen LogP contribution >= 0.6 is 11.6 Å². The monoisotopic (exact) mass is 340 g/mol. The molecule has 0 spiro atoms. The number of ether oxygens (including phenoxy) is 1. The lowest BCUT2D eigenvalue weighted by atomic mass is 9.65. The lowest BCUT2D eigenvalue weighted by molar-refractivity contribution is -0.140. The Bertz CT molecular complexity index is 482. The minimum atomic E-state index is -1.01. The molecule has 6 unspecified atom stereocenters. The van der Waals surface area contributed by atoms with Gasteiger partial charge < -0.3 is 15.6 Å². The smallest absolute Gasteiger partial charge is 0.131 e. The van der Waals surface area contributed by atoms with Crippen molar-refractivity contribution in [3.63, 3.8) is 0 Å².